The fraction of sp³-hybridized carbons (Fsp3) is 0.400. The van der Waals surface area contributed by atoms with Gasteiger partial charge in [-0.15, -0.1) is 0 Å². The number of rotatable bonds is 5. The molecule has 122 valence electrons. The molecule has 2 nitrogen and oxygen atoms in total. The van der Waals surface area contributed by atoms with Crippen LogP contribution in [0.25, 0.3) is 0 Å². The van der Waals surface area contributed by atoms with E-state index >= 15 is 0 Å². The molecule has 0 bridgehead atoms. The zero-order valence-electron chi connectivity index (χ0n) is 13.4. The van der Waals surface area contributed by atoms with E-state index in [9.17, 15) is 4.39 Å². The molecular formula is C20H24FNO. The Morgan fingerprint density at radius 2 is 1.78 bits per heavy atom. The lowest BCUT2D eigenvalue weighted by Crippen LogP contribution is -2.34. The first-order valence-corrected chi connectivity index (χ1v) is 8.42. The highest BCUT2D eigenvalue weighted by Crippen LogP contribution is 2.27. The molecule has 0 aliphatic heterocycles. The largest absolute Gasteiger partial charge is 0.489 e. The molecule has 1 aliphatic rings. The second kappa shape index (κ2) is 7.60. The van der Waals surface area contributed by atoms with Crippen molar-refractivity contribution in [3.05, 3.63) is 65.5 Å². The van der Waals surface area contributed by atoms with Crippen molar-refractivity contribution in [1.29, 1.82) is 0 Å². The third kappa shape index (κ3) is 4.55. The van der Waals surface area contributed by atoms with E-state index in [-0.39, 0.29) is 5.82 Å². The molecule has 2 aromatic carbocycles. The molecule has 0 amide bonds. The van der Waals surface area contributed by atoms with Gasteiger partial charge in [0, 0.05) is 6.04 Å². The molecule has 1 aliphatic carbocycles. The van der Waals surface area contributed by atoms with E-state index in [0.717, 1.165) is 24.2 Å². The summed E-state index contributed by atoms with van der Waals surface area (Å²) in [4.78, 5) is 0. The first-order chi connectivity index (χ1) is 11.2. The highest BCUT2D eigenvalue weighted by Gasteiger charge is 2.21. The summed E-state index contributed by atoms with van der Waals surface area (Å²) in [5, 5.41) is 0. The third-order valence-electron chi connectivity index (χ3n) is 4.68. The Morgan fingerprint density at radius 1 is 1.00 bits per heavy atom. The lowest BCUT2D eigenvalue weighted by Gasteiger charge is -2.28. The minimum Gasteiger partial charge on any atom is -0.489 e. The van der Waals surface area contributed by atoms with Gasteiger partial charge in [0.25, 0.3) is 0 Å². The smallest absolute Gasteiger partial charge is 0.123 e. The Morgan fingerprint density at radius 3 is 2.57 bits per heavy atom. The standard InChI is InChI=1S/C20H24FNO/c21-18-10-8-15(9-11-18)14-23-19-6-3-4-16(13-19)12-17-5-1-2-7-20(17)22/h3-4,6,8-11,13,17,20H,1-2,5,7,12,14,22H2. The van der Waals surface area contributed by atoms with Crippen LogP contribution in [-0.4, -0.2) is 6.04 Å². The average Bonchev–Trinajstić information content (AvgIpc) is 2.57. The molecule has 0 heterocycles. The van der Waals surface area contributed by atoms with Gasteiger partial charge in [0.1, 0.15) is 18.2 Å². The second-order valence-corrected chi connectivity index (χ2v) is 6.48. The van der Waals surface area contributed by atoms with E-state index < -0.39 is 0 Å². The zero-order chi connectivity index (χ0) is 16.1. The minimum atomic E-state index is -0.223. The van der Waals surface area contributed by atoms with Gasteiger partial charge in [0.15, 0.2) is 0 Å². The van der Waals surface area contributed by atoms with Gasteiger partial charge in [-0.1, -0.05) is 37.1 Å². The molecule has 0 aromatic heterocycles. The molecule has 2 unspecified atom stereocenters. The van der Waals surface area contributed by atoms with Crippen LogP contribution < -0.4 is 10.5 Å². The van der Waals surface area contributed by atoms with Gasteiger partial charge in [0.05, 0.1) is 0 Å². The number of hydrogen-bond donors (Lipinski definition) is 1. The quantitative estimate of drug-likeness (QED) is 0.884. The van der Waals surface area contributed by atoms with E-state index in [1.54, 1.807) is 12.1 Å². The van der Waals surface area contributed by atoms with Crippen molar-refractivity contribution in [2.24, 2.45) is 11.7 Å². The summed E-state index contributed by atoms with van der Waals surface area (Å²) in [6.45, 7) is 0.451. The highest BCUT2D eigenvalue weighted by molar-refractivity contribution is 5.29. The Hall–Kier alpha value is -1.87. The number of ether oxygens (including phenoxy) is 1. The molecule has 3 heteroatoms. The fourth-order valence-electron chi connectivity index (χ4n) is 3.30. The molecule has 1 fully saturated rings. The number of hydrogen-bond acceptors (Lipinski definition) is 2. The maximum Gasteiger partial charge on any atom is 0.123 e. The summed E-state index contributed by atoms with van der Waals surface area (Å²) in [6, 6.07) is 15.0. The van der Waals surface area contributed by atoms with Crippen LogP contribution in [0, 0.1) is 11.7 Å². The normalized spacial score (nSPS) is 21.1. The Labute approximate surface area is 137 Å². The molecule has 0 saturated heterocycles. The van der Waals surface area contributed by atoms with Gasteiger partial charge in [0.2, 0.25) is 0 Å². The summed E-state index contributed by atoms with van der Waals surface area (Å²) in [6.07, 6.45) is 5.94. The van der Waals surface area contributed by atoms with Crippen molar-refractivity contribution >= 4 is 0 Å². The molecule has 0 radical (unpaired) electrons. The number of benzene rings is 2. The van der Waals surface area contributed by atoms with Crippen molar-refractivity contribution in [2.45, 2.75) is 44.8 Å². The van der Waals surface area contributed by atoms with E-state index in [2.05, 4.69) is 12.1 Å². The maximum absolute atomic E-state index is 12.9. The maximum atomic E-state index is 12.9. The van der Waals surface area contributed by atoms with Gasteiger partial charge in [-0.05, 0) is 60.6 Å². The van der Waals surface area contributed by atoms with Crippen molar-refractivity contribution in [2.75, 3.05) is 0 Å². The van der Waals surface area contributed by atoms with Crippen molar-refractivity contribution in [1.82, 2.24) is 0 Å². The zero-order valence-corrected chi connectivity index (χ0v) is 13.4. The van der Waals surface area contributed by atoms with E-state index in [1.807, 2.05) is 12.1 Å². The van der Waals surface area contributed by atoms with Crippen LogP contribution >= 0.6 is 0 Å². The van der Waals surface area contributed by atoms with Gasteiger partial charge < -0.3 is 10.5 Å². The molecule has 1 saturated carbocycles. The van der Waals surface area contributed by atoms with Crippen LogP contribution in [-0.2, 0) is 13.0 Å². The molecular weight excluding hydrogens is 289 g/mol. The molecule has 23 heavy (non-hydrogen) atoms. The monoisotopic (exact) mass is 313 g/mol. The summed E-state index contributed by atoms with van der Waals surface area (Å²) in [7, 11) is 0. The van der Waals surface area contributed by atoms with Crippen LogP contribution in [0.5, 0.6) is 5.75 Å². The average molecular weight is 313 g/mol. The lowest BCUT2D eigenvalue weighted by molar-refractivity contribution is 0.299. The third-order valence-corrected chi connectivity index (χ3v) is 4.68. The van der Waals surface area contributed by atoms with Gasteiger partial charge >= 0.3 is 0 Å². The number of nitrogens with two attached hydrogens (primary N) is 1. The summed E-state index contributed by atoms with van der Waals surface area (Å²) in [5.41, 5.74) is 8.50. The predicted molar refractivity (Wildman–Crippen MR) is 90.8 cm³/mol. The van der Waals surface area contributed by atoms with Crippen LogP contribution in [0.3, 0.4) is 0 Å². The van der Waals surface area contributed by atoms with E-state index in [1.165, 1.54) is 37.0 Å². The van der Waals surface area contributed by atoms with Gasteiger partial charge in [-0.25, -0.2) is 4.39 Å². The molecule has 2 N–H and O–H groups in total. The van der Waals surface area contributed by atoms with E-state index in [0.29, 0.717) is 18.6 Å². The van der Waals surface area contributed by atoms with Crippen LogP contribution in [0.4, 0.5) is 4.39 Å². The lowest BCUT2D eigenvalue weighted by atomic mass is 9.81. The SMILES string of the molecule is NC1CCCCC1Cc1cccc(OCc2ccc(F)cc2)c1. The van der Waals surface area contributed by atoms with Crippen molar-refractivity contribution in [3.63, 3.8) is 0 Å². The van der Waals surface area contributed by atoms with Crippen LogP contribution in [0.1, 0.15) is 36.8 Å². The van der Waals surface area contributed by atoms with E-state index in [4.69, 9.17) is 10.5 Å². The van der Waals surface area contributed by atoms with Crippen molar-refractivity contribution in [3.8, 4) is 5.75 Å². The molecule has 0 spiro atoms. The van der Waals surface area contributed by atoms with Gasteiger partial charge in [-0.2, -0.15) is 0 Å². The van der Waals surface area contributed by atoms with Crippen molar-refractivity contribution < 1.29 is 9.13 Å². The topological polar surface area (TPSA) is 35.2 Å². The second-order valence-electron chi connectivity index (χ2n) is 6.48. The number of halogens is 1. The van der Waals surface area contributed by atoms with Crippen LogP contribution in [0.2, 0.25) is 0 Å². The minimum absolute atomic E-state index is 0.223. The van der Waals surface area contributed by atoms with Crippen LogP contribution in [0.15, 0.2) is 48.5 Å². The Balaban J connectivity index is 1.59. The summed E-state index contributed by atoms with van der Waals surface area (Å²) < 4.78 is 18.7. The van der Waals surface area contributed by atoms with Gasteiger partial charge in [-0.3, -0.25) is 0 Å². The molecule has 2 aromatic rings. The first kappa shape index (κ1) is 16.0. The fourth-order valence-corrected chi connectivity index (χ4v) is 3.30. The Bertz CT molecular complexity index is 626. The predicted octanol–water partition coefficient (Wildman–Crippen LogP) is 4.46. The molecule has 3 rings (SSSR count). The Kier molecular flexibility index (Phi) is 5.29. The first-order valence-electron chi connectivity index (χ1n) is 8.42. The summed E-state index contributed by atoms with van der Waals surface area (Å²) in [5.74, 6) is 1.21. The highest BCUT2D eigenvalue weighted by atomic mass is 19.1. The summed E-state index contributed by atoms with van der Waals surface area (Å²) >= 11 is 0. The molecule has 2 atom stereocenters.